The van der Waals surface area contributed by atoms with Crippen LogP contribution >= 0.6 is 0 Å². The maximum atomic E-state index is 13.3. The second kappa shape index (κ2) is 19.7. The number of halogens is 3. The Morgan fingerprint density at radius 1 is 0.908 bits per heavy atom. The number of oxazole rings is 1. The third kappa shape index (κ3) is 10.9. The van der Waals surface area contributed by atoms with Crippen LogP contribution < -0.4 is 32.3 Å². The Bertz CT molecular complexity index is 2640. The Hall–Kier alpha value is -7.75. The average molecular weight is 898 g/mol. The van der Waals surface area contributed by atoms with E-state index < -0.39 is 54.2 Å². The Morgan fingerprint density at radius 3 is 2.43 bits per heavy atom. The van der Waals surface area contributed by atoms with E-state index in [0.717, 1.165) is 37.0 Å². The molecule has 5 heterocycles. The highest BCUT2D eigenvalue weighted by molar-refractivity contribution is 6.25. The molecule has 1 saturated heterocycles. The number of benzene rings is 2. The number of unbranched alkanes of at least 4 members (excludes halogenated alkanes) is 2. The van der Waals surface area contributed by atoms with Gasteiger partial charge in [-0.15, -0.1) is 0 Å². The first-order valence-electron chi connectivity index (χ1n) is 20.5. The standard InChI is InChI=1S/C43H42F3N11O8/c44-43(45,46)23-51-33-20-25(15-19-50-33)40-53-30(22-65-40)38(61)52-29-21-56(55-36(29)37(47)60)26-11-9-24(10-12-26)32(58)8-5-17-48-16-2-1-3-18-49-28-7-4-6-27-35(28)42(64)57(41(27)63)31-13-14-34(59)54-39(31)62/h4,6-7,9-12,15,19-22,31,48-49H,1-3,5,8,13-14,16-18,23H2,(H2,47,60)(H,50,51)(H,52,61)(H,54,59,62). The minimum absolute atomic E-state index is 0.0352. The van der Waals surface area contributed by atoms with E-state index in [1.54, 1.807) is 42.5 Å². The van der Waals surface area contributed by atoms with Crippen molar-refractivity contribution in [3.05, 3.63) is 101 Å². The van der Waals surface area contributed by atoms with Crippen molar-refractivity contribution in [2.75, 3.05) is 42.1 Å². The molecule has 6 amide bonds. The second-order valence-electron chi connectivity index (χ2n) is 15.1. The minimum Gasteiger partial charge on any atom is -0.444 e. The maximum Gasteiger partial charge on any atom is 0.405 e. The van der Waals surface area contributed by atoms with Gasteiger partial charge in [0.15, 0.2) is 17.2 Å². The number of aromatic nitrogens is 4. The molecule has 0 bridgehead atoms. The molecule has 5 aromatic rings. The zero-order valence-electron chi connectivity index (χ0n) is 34.5. The quantitative estimate of drug-likeness (QED) is 0.0358. The van der Waals surface area contributed by atoms with Crippen LogP contribution in [0.25, 0.3) is 17.1 Å². The summed E-state index contributed by atoms with van der Waals surface area (Å²) in [6.45, 7) is 0.607. The normalized spacial score (nSPS) is 14.9. The van der Waals surface area contributed by atoms with Crippen LogP contribution in [-0.2, 0) is 9.59 Å². The molecule has 1 unspecified atom stereocenters. The molecule has 1 fully saturated rings. The molecule has 2 aliphatic heterocycles. The van der Waals surface area contributed by atoms with E-state index >= 15 is 0 Å². The van der Waals surface area contributed by atoms with Gasteiger partial charge in [-0.05, 0) is 87.3 Å². The van der Waals surface area contributed by atoms with Gasteiger partial charge in [-0.2, -0.15) is 18.3 Å². The summed E-state index contributed by atoms with van der Waals surface area (Å²) in [5.74, 6) is -4.15. The molecule has 19 nitrogen and oxygen atoms in total. The van der Waals surface area contributed by atoms with Crippen LogP contribution in [0.1, 0.15) is 97.0 Å². The third-order valence-electron chi connectivity index (χ3n) is 10.4. The molecule has 0 radical (unpaired) electrons. The van der Waals surface area contributed by atoms with E-state index in [0.29, 0.717) is 42.9 Å². The van der Waals surface area contributed by atoms with Crippen LogP contribution in [0.5, 0.6) is 0 Å². The number of imide groups is 2. The van der Waals surface area contributed by atoms with Gasteiger partial charge in [-0.25, -0.2) is 14.6 Å². The Labute approximate surface area is 367 Å². The summed E-state index contributed by atoms with van der Waals surface area (Å²) in [7, 11) is 0. The Kier molecular flexibility index (Phi) is 13.8. The monoisotopic (exact) mass is 897 g/mol. The fourth-order valence-corrected chi connectivity index (χ4v) is 7.21. The molecule has 2 aromatic carbocycles. The lowest BCUT2D eigenvalue weighted by Crippen LogP contribution is -2.54. The summed E-state index contributed by atoms with van der Waals surface area (Å²) in [5, 5.41) is 17.7. The first kappa shape index (κ1) is 45.3. The smallest absolute Gasteiger partial charge is 0.405 e. The molecular formula is C43H42F3N11O8. The topological polar surface area (TPSA) is 266 Å². The van der Waals surface area contributed by atoms with Crippen molar-refractivity contribution >= 4 is 58.4 Å². The van der Waals surface area contributed by atoms with Gasteiger partial charge < -0.3 is 31.4 Å². The van der Waals surface area contributed by atoms with Crippen LogP contribution in [0.15, 0.2) is 77.7 Å². The third-order valence-corrected chi connectivity index (χ3v) is 10.4. The fraction of sp³-hybridized carbons (Fsp3) is 0.302. The molecule has 0 saturated carbocycles. The van der Waals surface area contributed by atoms with Crippen molar-refractivity contribution in [2.45, 2.75) is 57.2 Å². The highest BCUT2D eigenvalue weighted by Gasteiger charge is 2.45. The van der Waals surface area contributed by atoms with Crippen LogP contribution in [0.4, 0.5) is 30.4 Å². The maximum absolute atomic E-state index is 13.3. The van der Waals surface area contributed by atoms with Gasteiger partial charge in [-0.1, -0.05) is 12.5 Å². The number of fused-ring (bicyclic) bond motifs is 1. The van der Waals surface area contributed by atoms with Crippen LogP contribution in [0.2, 0.25) is 0 Å². The summed E-state index contributed by atoms with van der Waals surface area (Å²) in [6.07, 6.45) is 2.74. The number of pyridine rings is 1. The molecule has 7 rings (SSSR count). The summed E-state index contributed by atoms with van der Waals surface area (Å²) >= 11 is 0. The number of alkyl halides is 3. The van der Waals surface area contributed by atoms with Crippen molar-refractivity contribution in [3.8, 4) is 17.1 Å². The number of hydrogen-bond donors (Lipinski definition) is 6. The van der Waals surface area contributed by atoms with Crippen molar-refractivity contribution in [1.29, 1.82) is 0 Å². The predicted octanol–water partition coefficient (Wildman–Crippen LogP) is 4.48. The van der Waals surface area contributed by atoms with E-state index in [-0.39, 0.29) is 64.1 Å². The Morgan fingerprint density at radius 2 is 1.68 bits per heavy atom. The van der Waals surface area contributed by atoms with E-state index in [1.165, 1.54) is 29.2 Å². The van der Waals surface area contributed by atoms with E-state index in [2.05, 4.69) is 41.7 Å². The number of nitrogens with zero attached hydrogens (tertiary/aromatic N) is 5. The fourth-order valence-electron chi connectivity index (χ4n) is 7.21. The SMILES string of the molecule is NC(=O)c1nn(-c2ccc(C(=O)CCCNCCCCCNc3cccc4c3C(=O)N(C3CCC(=O)NC3=O)C4=O)cc2)cc1NC(=O)c1coc(-c2ccnc(NCC(F)(F)F)c2)n1. The van der Waals surface area contributed by atoms with Gasteiger partial charge in [-0.3, -0.25) is 43.8 Å². The molecule has 1 atom stereocenters. The molecule has 0 aliphatic carbocycles. The molecule has 2 aliphatic rings. The highest BCUT2D eigenvalue weighted by atomic mass is 19.4. The predicted molar refractivity (Wildman–Crippen MR) is 226 cm³/mol. The van der Waals surface area contributed by atoms with Crippen molar-refractivity contribution in [1.82, 2.24) is 35.3 Å². The van der Waals surface area contributed by atoms with Crippen molar-refractivity contribution in [2.24, 2.45) is 5.73 Å². The van der Waals surface area contributed by atoms with E-state index in [9.17, 15) is 46.7 Å². The molecule has 338 valence electrons. The van der Waals surface area contributed by atoms with Gasteiger partial charge in [0.1, 0.15) is 24.7 Å². The molecule has 3 aromatic heterocycles. The number of ketones is 1. The van der Waals surface area contributed by atoms with Gasteiger partial charge in [0.25, 0.3) is 23.6 Å². The molecule has 22 heteroatoms. The zero-order valence-corrected chi connectivity index (χ0v) is 34.5. The first-order valence-corrected chi connectivity index (χ1v) is 20.5. The largest absolute Gasteiger partial charge is 0.444 e. The van der Waals surface area contributed by atoms with Gasteiger partial charge >= 0.3 is 6.18 Å². The number of nitrogens with two attached hydrogens (primary N) is 1. The number of anilines is 3. The van der Waals surface area contributed by atoms with Gasteiger partial charge in [0, 0.05) is 42.4 Å². The minimum atomic E-state index is -4.46. The van der Waals surface area contributed by atoms with E-state index in [1.807, 2.05) is 0 Å². The summed E-state index contributed by atoms with van der Waals surface area (Å²) < 4.78 is 44.5. The summed E-state index contributed by atoms with van der Waals surface area (Å²) in [4.78, 5) is 97.4. The molecule has 0 spiro atoms. The highest BCUT2D eigenvalue weighted by Crippen LogP contribution is 2.32. The van der Waals surface area contributed by atoms with E-state index in [4.69, 9.17) is 10.2 Å². The summed E-state index contributed by atoms with van der Waals surface area (Å²) in [5.41, 5.74) is 7.17. The van der Waals surface area contributed by atoms with Crippen LogP contribution in [0, 0.1) is 0 Å². The number of Topliss-reactive ketones (excluding diaryl/α,β-unsaturated/α-hetero) is 1. The Balaban J connectivity index is 0.819. The number of carbonyl (C=O) groups excluding carboxylic acids is 7. The number of amides is 6. The van der Waals surface area contributed by atoms with Crippen LogP contribution in [-0.4, -0.2) is 104 Å². The lowest BCUT2D eigenvalue weighted by molar-refractivity contribution is -0.136. The average Bonchev–Trinajstić information content (AvgIpc) is 4.01. The lowest BCUT2D eigenvalue weighted by Gasteiger charge is -2.27. The number of rotatable bonds is 20. The zero-order chi connectivity index (χ0) is 46.3. The number of carbonyl (C=O) groups is 7. The number of primary amides is 1. The second-order valence-corrected chi connectivity index (χ2v) is 15.1. The molecular weight excluding hydrogens is 856 g/mol. The first-order chi connectivity index (χ1) is 31.2. The van der Waals surface area contributed by atoms with Crippen molar-refractivity contribution in [3.63, 3.8) is 0 Å². The lowest BCUT2D eigenvalue weighted by atomic mass is 10.0. The number of hydrogen-bond acceptors (Lipinski definition) is 14. The van der Waals surface area contributed by atoms with Crippen molar-refractivity contribution < 1.29 is 51.2 Å². The molecule has 7 N–H and O–H groups in total. The summed E-state index contributed by atoms with van der Waals surface area (Å²) in [6, 6.07) is 13.1. The van der Waals surface area contributed by atoms with Crippen LogP contribution in [0.3, 0.4) is 0 Å². The number of nitrogens with one attached hydrogen (secondary N) is 5. The number of piperidine rings is 1. The molecule has 65 heavy (non-hydrogen) atoms. The van der Waals surface area contributed by atoms with Gasteiger partial charge in [0.05, 0.1) is 28.7 Å². The van der Waals surface area contributed by atoms with Gasteiger partial charge in [0.2, 0.25) is 17.7 Å².